The summed E-state index contributed by atoms with van der Waals surface area (Å²) < 4.78 is 5.83. The van der Waals surface area contributed by atoms with E-state index in [1.54, 1.807) is 0 Å². The molecule has 0 saturated carbocycles. The molecule has 6 rings (SSSR count). The summed E-state index contributed by atoms with van der Waals surface area (Å²) in [6, 6.07) is 24.6. The molecule has 1 aliphatic heterocycles. The van der Waals surface area contributed by atoms with Gasteiger partial charge in [-0.05, 0) is 35.2 Å². The zero-order valence-corrected chi connectivity index (χ0v) is 22.8. The molecule has 0 radical (unpaired) electrons. The third-order valence-electron chi connectivity index (χ3n) is 7.51. The second kappa shape index (κ2) is 11.7. The van der Waals surface area contributed by atoms with Crippen LogP contribution in [-0.2, 0) is 13.0 Å². The quantitative estimate of drug-likeness (QED) is 0.267. The number of carbonyl (C=O) groups excluding carboxylic acids is 1. The minimum Gasteiger partial charge on any atom is -0.354 e. The number of amides is 2. The van der Waals surface area contributed by atoms with Crippen molar-refractivity contribution in [3.63, 3.8) is 0 Å². The minimum absolute atomic E-state index is 0.0380. The molecule has 0 bridgehead atoms. The van der Waals surface area contributed by atoms with Crippen LogP contribution in [0.3, 0.4) is 0 Å². The topological polar surface area (TPSA) is 87.4 Å². The van der Waals surface area contributed by atoms with Crippen molar-refractivity contribution in [2.75, 3.05) is 31.1 Å². The number of unbranched alkanes of at least 4 members (excludes halogenated alkanes) is 1. The Balaban J connectivity index is 1.29. The number of aryl methyl sites for hydroxylation is 1. The first-order valence-corrected chi connectivity index (χ1v) is 14.2. The monoisotopic (exact) mass is 534 g/mol. The minimum atomic E-state index is -0.0380. The van der Waals surface area contributed by atoms with Gasteiger partial charge < -0.3 is 19.6 Å². The van der Waals surface area contributed by atoms with Gasteiger partial charge in [0.05, 0.1) is 0 Å². The Morgan fingerprint density at radius 1 is 0.925 bits per heavy atom. The van der Waals surface area contributed by atoms with Crippen LogP contribution in [0.2, 0.25) is 0 Å². The van der Waals surface area contributed by atoms with Gasteiger partial charge in [-0.1, -0.05) is 85.2 Å². The Labute approximate surface area is 234 Å². The van der Waals surface area contributed by atoms with Crippen molar-refractivity contribution >= 4 is 33.7 Å². The number of carbonyl (C=O) groups is 1. The van der Waals surface area contributed by atoms with Gasteiger partial charge in [0.2, 0.25) is 0 Å². The van der Waals surface area contributed by atoms with Crippen LogP contribution in [0.15, 0.2) is 77.3 Å². The second-order valence-electron chi connectivity index (χ2n) is 10.3. The van der Waals surface area contributed by atoms with Crippen molar-refractivity contribution in [2.45, 2.75) is 39.2 Å². The number of hydrogen-bond donors (Lipinski definition) is 1. The standard InChI is InChI=1S/C32H34N6O2/c1-2-3-14-27-34-30(37-17-9-18-38(20-19-37)32(39)33-22-23-10-5-4-6-11-23)28-29(36-40-31(28)35-27)26-16-15-24-12-7-8-13-25(24)21-26/h4-8,10-13,15-16,21H,2-3,9,14,17-20,22H2,1H3,(H,33,39). The van der Waals surface area contributed by atoms with E-state index in [9.17, 15) is 4.79 Å². The van der Waals surface area contributed by atoms with E-state index in [0.717, 1.165) is 71.5 Å². The van der Waals surface area contributed by atoms with Gasteiger partial charge in [0.25, 0.3) is 5.71 Å². The summed E-state index contributed by atoms with van der Waals surface area (Å²) in [6.45, 7) is 5.42. The third kappa shape index (κ3) is 5.47. The van der Waals surface area contributed by atoms with E-state index in [4.69, 9.17) is 14.5 Å². The van der Waals surface area contributed by atoms with Crippen LogP contribution in [-0.4, -0.2) is 52.2 Å². The summed E-state index contributed by atoms with van der Waals surface area (Å²) >= 11 is 0. The molecular formula is C32H34N6O2. The van der Waals surface area contributed by atoms with Crippen LogP contribution in [0, 0.1) is 0 Å². The maximum atomic E-state index is 13.0. The summed E-state index contributed by atoms with van der Waals surface area (Å²) in [4.78, 5) is 27.0. The summed E-state index contributed by atoms with van der Waals surface area (Å²) in [5, 5.41) is 10.7. The molecule has 5 aromatic rings. The van der Waals surface area contributed by atoms with Crippen molar-refractivity contribution < 1.29 is 9.32 Å². The first-order valence-electron chi connectivity index (χ1n) is 14.2. The van der Waals surface area contributed by atoms with E-state index in [2.05, 4.69) is 52.6 Å². The molecule has 1 aliphatic rings. The van der Waals surface area contributed by atoms with Gasteiger partial charge in [-0.25, -0.2) is 9.78 Å². The average Bonchev–Trinajstić information content (AvgIpc) is 3.27. The Morgan fingerprint density at radius 2 is 1.75 bits per heavy atom. The van der Waals surface area contributed by atoms with Crippen LogP contribution < -0.4 is 10.2 Å². The molecule has 1 N–H and O–H groups in total. The predicted molar refractivity (Wildman–Crippen MR) is 158 cm³/mol. The van der Waals surface area contributed by atoms with Crippen LogP contribution in [0.1, 0.15) is 37.6 Å². The highest BCUT2D eigenvalue weighted by Gasteiger charge is 2.26. The van der Waals surface area contributed by atoms with E-state index >= 15 is 0 Å². The molecule has 2 amide bonds. The lowest BCUT2D eigenvalue weighted by atomic mass is 10.0. The van der Waals surface area contributed by atoms with Gasteiger partial charge >= 0.3 is 6.03 Å². The number of hydrogen-bond acceptors (Lipinski definition) is 6. The molecular weight excluding hydrogens is 500 g/mol. The van der Waals surface area contributed by atoms with Gasteiger partial charge in [0.1, 0.15) is 22.7 Å². The fourth-order valence-corrected chi connectivity index (χ4v) is 5.31. The smallest absolute Gasteiger partial charge is 0.317 e. The highest BCUT2D eigenvalue weighted by molar-refractivity contribution is 6.00. The van der Waals surface area contributed by atoms with E-state index in [0.29, 0.717) is 31.9 Å². The molecule has 0 unspecified atom stereocenters. The summed E-state index contributed by atoms with van der Waals surface area (Å²) in [5.41, 5.74) is 3.32. The van der Waals surface area contributed by atoms with Crippen molar-refractivity contribution in [3.8, 4) is 11.3 Å². The lowest BCUT2D eigenvalue weighted by Crippen LogP contribution is -2.41. The van der Waals surface area contributed by atoms with Crippen molar-refractivity contribution in [3.05, 3.63) is 84.2 Å². The van der Waals surface area contributed by atoms with Crippen LogP contribution >= 0.6 is 0 Å². The molecule has 0 atom stereocenters. The van der Waals surface area contributed by atoms with E-state index < -0.39 is 0 Å². The zero-order chi connectivity index (χ0) is 27.3. The van der Waals surface area contributed by atoms with E-state index in [1.165, 1.54) is 5.39 Å². The molecule has 0 spiro atoms. The lowest BCUT2D eigenvalue weighted by Gasteiger charge is -2.24. The fourth-order valence-electron chi connectivity index (χ4n) is 5.31. The molecule has 2 aromatic heterocycles. The molecule has 0 aliphatic carbocycles. The molecule has 8 nitrogen and oxygen atoms in total. The summed E-state index contributed by atoms with van der Waals surface area (Å²) in [7, 11) is 0. The largest absolute Gasteiger partial charge is 0.354 e. The van der Waals surface area contributed by atoms with Crippen molar-refractivity contribution in [1.82, 2.24) is 25.3 Å². The van der Waals surface area contributed by atoms with Gasteiger partial charge in [-0.15, -0.1) is 0 Å². The number of fused-ring (bicyclic) bond motifs is 2. The highest BCUT2D eigenvalue weighted by atomic mass is 16.5. The van der Waals surface area contributed by atoms with Crippen molar-refractivity contribution in [1.29, 1.82) is 0 Å². The van der Waals surface area contributed by atoms with Gasteiger partial charge in [0, 0.05) is 44.7 Å². The maximum absolute atomic E-state index is 13.0. The Morgan fingerprint density at radius 3 is 2.60 bits per heavy atom. The third-order valence-corrected chi connectivity index (χ3v) is 7.51. The van der Waals surface area contributed by atoms with Crippen molar-refractivity contribution in [2.24, 2.45) is 0 Å². The number of rotatable bonds is 7. The average molecular weight is 535 g/mol. The Hall–Kier alpha value is -4.46. The van der Waals surface area contributed by atoms with Crippen LogP contribution in [0.4, 0.5) is 10.6 Å². The molecule has 204 valence electrons. The Kier molecular flexibility index (Phi) is 7.57. The summed E-state index contributed by atoms with van der Waals surface area (Å²) in [6.07, 6.45) is 3.69. The number of nitrogens with one attached hydrogen (secondary N) is 1. The zero-order valence-electron chi connectivity index (χ0n) is 22.8. The molecule has 3 heterocycles. The molecule has 3 aromatic carbocycles. The second-order valence-corrected chi connectivity index (χ2v) is 10.3. The van der Waals surface area contributed by atoms with Crippen LogP contribution in [0.5, 0.6) is 0 Å². The van der Waals surface area contributed by atoms with E-state index in [-0.39, 0.29) is 6.03 Å². The predicted octanol–water partition coefficient (Wildman–Crippen LogP) is 6.20. The number of anilines is 1. The SMILES string of the molecule is CCCCc1nc(N2CCCN(C(=O)NCc3ccccc3)CC2)c2c(-c3ccc4ccccc4c3)noc2n1. The Bertz CT molecular complexity index is 1620. The van der Waals surface area contributed by atoms with Crippen LogP contribution in [0.25, 0.3) is 33.1 Å². The first-order chi connectivity index (χ1) is 19.7. The first kappa shape index (κ1) is 25.8. The highest BCUT2D eigenvalue weighted by Crippen LogP contribution is 2.35. The normalized spacial score (nSPS) is 14.0. The number of nitrogens with zero attached hydrogens (tertiary/aromatic N) is 5. The molecule has 1 saturated heterocycles. The molecule has 1 fully saturated rings. The molecule has 40 heavy (non-hydrogen) atoms. The summed E-state index contributed by atoms with van der Waals surface area (Å²) in [5.74, 6) is 1.61. The maximum Gasteiger partial charge on any atom is 0.317 e. The van der Waals surface area contributed by atoms with Gasteiger partial charge in [0.15, 0.2) is 0 Å². The lowest BCUT2D eigenvalue weighted by molar-refractivity contribution is 0.201. The molecule has 8 heteroatoms. The van der Waals surface area contributed by atoms with E-state index in [1.807, 2.05) is 47.4 Å². The number of benzene rings is 3. The number of urea groups is 1. The number of aromatic nitrogens is 3. The fraction of sp³-hybridized carbons (Fsp3) is 0.312. The van der Waals surface area contributed by atoms with Gasteiger partial charge in [-0.3, -0.25) is 0 Å². The van der Waals surface area contributed by atoms with Gasteiger partial charge in [-0.2, -0.15) is 4.98 Å².